The van der Waals surface area contributed by atoms with Gasteiger partial charge in [0, 0.05) is 0 Å². The molecule has 0 aliphatic carbocycles. The maximum absolute atomic E-state index is 10.4. The van der Waals surface area contributed by atoms with Gasteiger partial charge in [-0.3, -0.25) is 0 Å². The molecule has 0 atom stereocenters. The minimum absolute atomic E-state index is 0.148. The van der Waals surface area contributed by atoms with Gasteiger partial charge in [0.05, 0.1) is 0 Å². The molecule has 0 unspecified atom stereocenters. The Bertz CT molecular complexity index is 544. The molecule has 3 N–H and O–H groups in total. The van der Waals surface area contributed by atoms with Gasteiger partial charge in [0.15, 0.2) is 0 Å². The first-order valence-electron chi connectivity index (χ1n) is 5.07. The third kappa shape index (κ3) is 2.86. The Morgan fingerprint density at radius 1 is 0.722 bits per heavy atom. The molecule has 6 heteroatoms. The van der Waals surface area contributed by atoms with E-state index in [0.717, 1.165) is 7.14 Å². The molecule has 0 amide bonds. The van der Waals surface area contributed by atoms with Crippen LogP contribution in [0.1, 0.15) is 0 Å². The summed E-state index contributed by atoms with van der Waals surface area (Å²) in [5.41, 5.74) is 0. The zero-order chi connectivity index (χ0) is 13.4. The van der Waals surface area contributed by atoms with Gasteiger partial charge < -0.3 is 0 Å². The van der Waals surface area contributed by atoms with Crippen molar-refractivity contribution in [3.8, 4) is 0 Å². The summed E-state index contributed by atoms with van der Waals surface area (Å²) in [6.07, 6.45) is 0. The predicted molar refractivity (Wildman–Crippen MR) is 91.2 cm³/mol. The van der Waals surface area contributed by atoms with Gasteiger partial charge in [0.2, 0.25) is 0 Å². The van der Waals surface area contributed by atoms with E-state index in [9.17, 15) is 14.7 Å². The summed E-state index contributed by atoms with van der Waals surface area (Å²) < 4.78 is 1.67. The molecule has 0 heterocycles. The Hall–Kier alpha value is 0.210. The van der Waals surface area contributed by atoms with Crippen molar-refractivity contribution >= 4 is 63.1 Å². The molecule has 18 heavy (non-hydrogen) atoms. The molecule has 96 valence electrons. The standard InChI is InChI=1S/C12H11I2O3P/c13-9-3-1-5-11(7-9)18(15,16,17)12-6-2-4-10(14)8-12/h1-8,15-17H. The van der Waals surface area contributed by atoms with Crippen molar-refractivity contribution in [2.24, 2.45) is 0 Å². The van der Waals surface area contributed by atoms with Gasteiger partial charge in [-0.2, -0.15) is 0 Å². The molecule has 0 aliphatic rings. The zero-order valence-corrected chi connectivity index (χ0v) is 14.4. The summed E-state index contributed by atoms with van der Waals surface area (Å²) in [5, 5.41) is 0.296. The average molecular weight is 488 g/mol. The molecule has 2 rings (SSSR count). The molecule has 0 aliphatic heterocycles. The van der Waals surface area contributed by atoms with Gasteiger partial charge in [-0.05, 0) is 0 Å². The first-order valence-corrected chi connectivity index (χ1v) is 9.32. The first kappa shape index (κ1) is 14.6. The summed E-state index contributed by atoms with van der Waals surface area (Å²) >= 11 is 4.13. The van der Waals surface area contributed by atoms with Crippen molar-refractivity contribution in [3.63, 3.8) is 0 Å². The van der Waals surface area contributed by atoms with Crippen LogP contribution < -0.4 is 10.6 Å². The number of hydrogen-bond donors (Lipinski definition) is 3. The van der Waals surface area contributed by atoms with Crippen LogP contribution >= 0.6 is 52.5 Å². The maximum atomic E-state index is 10.4. The SMILES string of the molecule is OP(O)(O)(c1cccc(I)c1)c1cccc(I)c1. The summed E-state index contributed by atoms with van der Waals surface area (Å²) in [4.78, 5) is 31.2. The molecule has 0 saturated heterocycles. The van der Waals surface area contributed by atoms with Gasteiger partial charge in [0.25, 0.3) is 0 Å². The molecule has 0 saturated carbocycles. The Balaban J connectivity index is 2.64. The number of rotatable bonds is 2. The molecule has 2 aromatic carbocycles. The third-order valence-electron chi connectivity index (χ3n) is 2.57. The second-order valence-corrected chi connectivity index (χ2v) is 9.42. The van der Waals surface area contributed by atoms with E-state index < -0.39 is 7.28 Å². The molecule has 0 spiro atoms. The van der Waals surface area contributed by atoms with Crippen LogP contribution in [0.2, 0.25) is 0 Å². The second kappa shape index (κ2) is 4.96. The van der Waals surface area contributed by atoms with E-state index in [1.54, 1.807) is 24.3 Å². The fourth-order valence-corrected chi connectivity index (χ4v) is 4.97. The predicted octanol–water partition coefficient (Wildman–Crippen LogP) is 2.12. The Morgan fingerprint density at radius 3 is 1.44 bits per heavy atom. The quantitative estimate of drug-likeness (QED) is 0.449. The minimum atomic E-state index is -5.01. The fraction of sp³-hybridized carbons (Fsp3) is 0. The van der Waals surface area contributed by atoms with Crippen molar-refractivity contribution in [2.75, 3.05) is 0 Å². The molecule has 0 aromatic heterocycles. The van der Waals surface area contributed by atoms with E-state index in [0.29, 0.717) is 0 Å². The van der Waals surface area contributed by atoms with Crippen LogP contribution in [-0.2, 0) is 0 Å². The van der Waals surface area contributed by atoms with Crippen molar-refractivity contribution < 1.29 is 14.7 Å². The van der Waals surface area contributed by atoms with Crippen molar-refractivity contribution in [1.82, 2.24) is 0 Å². The average Bonchev–Trinajstić information content (AvgIpc) is 2.28. The van der Waals surface area contributed by atoms with E-state index in [-0.39, 0.29) is 10.6 Å². The molecule has 0 bridgehead atoms. The molecular weight excluding hydrogens is 477 g/mol. The van der Waals surface area contributed by atoms with Gasteiger partial charge >= 0.3 is 133 Å². The van der Waals surface area contributed by atoms with Gasteiger partial charge in [-0.15, -0.1) is 0 Å². The molecule has 0 fully saturated rings. The first-order chi connectivity index (χ1) is 8.28. The number of benzene rings is 2. The van der Waals surface area contributed by atoms with Crippen LogP contribution in [0.5, 0.6) is 0 Å². The second-order valence-electron chi connectivity index (χ2n) is 3.94. The Labute approximate surface area is 132 Å². The van der Waals surface area contributed by atoms with E-state index >= 15 is 0 Å². The summed E-state index contributed by atoms with van der Waals surface area (Å²) in [5.74, 6) is 0. The zero-order valence-electron chi connectivity index (χ0n) is 9.16. The van der Waals surface area contributed by atoms with Crippen molar-refractivity contribution in [1.29, 1.82) is 0 Å². The number of halogens is 2. The van der Waals surface area contributed by atoms with E-state index in [1.165, 1.54) is 12.1 Å². The third-order valence-corrected chi connectivity index (χ3v) is 6.37. The van der Waals surface area contributed by atoms with Gasteiger partial charge in [0.1, 0.15) is 0 Å². The molecule has 3 nitrogen and oxygen atoms in total. The topological polar surface area (TPSA) is 60.7 Å². The molecule has 0 radical (unpaired) electrons. The van der Waals surface area contributed by atoms with Crippen LogP contribution in [0.15, 0.2) is 48.5 Å². The van der Waals surface area contributed by atoms with Gasteiger partial charge in [-0.1, -0.05) is 0 Å². The van der Waals surface area contributed by atoms with E-state index in [2.05, 4.69) is 45.2 Å². The summed E-state index contributed by atoms with van der Waals surface area (Å²) in [6.45, 7) is 0. The van der Waals surface area contributed by atoms with Crippen LogP contribution in [0.25, 0.3) is 0 Å². The van der Waals surface area contributed by atoms with Crippen LogP contribution in [0.3, 0.4) is 0 Å². The summed E-state index contributed by atoms with van der Waals surface area (Å²) in [6, 6.07) is 13.2. The normalized spacial score (nSPS) is 13.9. The molecule has 2 aromatic rings. The molecular formula is C12H11I2O3P. The number of hydrogen-bond acceptors (Lipinski definition) is 3. The Morgan fingerprint density at radius 2 is 1.11 bits per heavy atom. The van der Waals surface area contributed by atoms with Crippen molar-refractivity contribution in [2.45, 2.75) is 0 Å². The fourth-order valence-electron chi connectivity index (χ4n) is 1.61. The van der Waals surface area contributed by atoms with Crippen molar-refractivity contribution in [3.05, 3.63) is 55.7 Å². The van der Waals surface area contributed by atoms with E-state index in [4.69, 9.17) is 0 Å². The van der Waals surface area contributed by atoms with Crippen LogP contribution in [0.4, 0.5) is 0 Å². The van der Waals surface area contributed by atoms with E-state index in [1.807, 2.05) is 12.1 Å². The Kier molecular flexibility index (Phi) is 4.02. The van der Waals surface area contributed by atoms with Crippen LogP contribution in [-0.4, -0.2) is 14.7 Å². The van der Waals surface area contributed by atoms with Crippen LogP contribution in [0, 0.1) is 7.14 Å². The monoisotopic (exact) mass is 488 g/mol. The van der Waals surface area contributed by atoms with Gasteiger partial charge in [-0.25, -0.2) is 0 Å². The summed E-state index contributed by atoms with van der Waals surface area (Å²) in [7, 11) is -5.01.